The Morgan fingerprint density at radius 3 is 0.637 bits per heavy atom. The first-order chi connectivity index (χ1) is 50.2. The van der Waals surface area contributed by atoms with E-state index in [2.05, 4.69) is 439 Å². The lowest BCUT2D eigenvalue weighted by molar-refractivity contribution is 1.10. The second kappa shape index (κ2) is 33.0. The summed E-state index contributed by atoms with van der Waals surface area (Å²) in [6.07, 6.45) is 23.2. The van der Waals surface area contributed by atoms with E-state index < -0.39 is 0 Å². The Bertz CT molecular complexity index is 4470. The van der Waals surface area contributed by atoms with Crippen molar-refractivity contribution in [3.63, 3.8) is 0 Å². The summed E-state index contributed by atoms with van der Waals surface area (Å²) in [6.45, 7) is 13.4. The van der Waals surface area contributed by atoms with Crippen LogP contribution in [0, 0.1) is 20.8 Å². The molecule has 102 heavy (non-hydrogen) atoms. The van der Waals surface area contributed by atoms with Crippen LogP contribution in [0.2, 0.25) is 0 Å². The lowest BCUT2D eigenvalue weighted by Crippen LogP contribution is -2.14. The third-order valence-corrected chi connectivity index (χ3v) is 19.0. The summed E-state index contributed by atoms with van der Waals surface area (Å²) in [5.41, 5.74) is 31.5. The summed E-state index contributed by atoms with van der Waals surface area (Å²) in [6, 6.07) is 118. The Kier molecular flexibility index (Phi) is 22.1. The number of aryl methyl sites for hydroxylation is 6. The molecule has 498 valence electrons. The van der Waals surface area contributed by atoms with Crippen molar-refractivity contribution in [1.82, 2.24) is 0 Å². The highest BCUT2D eigenvalue weighted by Gasteiger charge is 2.21. The molecule has 3 nitrogen and oxygen atoms in total. The Balaban J connectivity index is 0.863. The zero-order valence-corrected chi connectivity index (χ0v) is 59.3. The molecule has 13 aromatic rings. The zero-order chi connectivity index (χ0) is 70.0. The van der Waals surface area contributed by atoms with Crippen molar-refractivity contribution in [3.8, 4) is 0 Å². The van der Waals surface area contributed by atoms with Gasteiger partial charge in [-0.3, -0.25) is 0 Å². The molecule has 0 aliphatic heterocycles. The molecule has 0 N–H and O–H groups in total. The van der Waals surface area contributed by atoms with Gasteiger partial charge in [0.05, 0.1) is 17.1 Å². The van der Waals surface area contributed by atoms with E-state index in [9.17, 15) is 0 Å². The van der Waals surface area contributed by atoms with Crippen LogP contribution in [-0.2, 0) is 19.3 Å². The molecule has 0 aliphatic carbocycles. The molecule has 0 radical (unpaired) electrons. The molecule has 0 bridgehead atoms. The van der Waals surface area contributed by atoms with E-state index in [1.54, 1.807) is 0 Å². The first-order valence-corrected chi connectivity index (χ1v) is 35.8. The predicted octanol–water partition coefficient (Wildman–Crippen LogP) is 26.5. The highest BCUT2D eigenvalue weighted by molar-refractivity contribution is 5.89. The van der Waals surface area contributed by atoms with E-state index in [4.69, 9.17) is 0 Å². The lowest BCUT2D eigenvalue weighted by atomic mass is 9.97. The molecule has 0 saturated carbocycles. The van der Waals surface area contributed by atoms with E-state index in [0.29, 0.717) is 0 Å². The zero-order valence-electron chi connectivity index (χ0n) is 59.3. The molecule has 0 amide bonds. The molecule has 0 spiro atoms. The summed E-state index contributed by atoms with van der Waals surface area (Å²) in [5.74, 6) is 0. The number of para-hydroxylation sites is 3. The number of nitrogens with zero attached hydrogens (tertiary/aromatic N) is 3. The van der Waals surface area contributed by atoms with E-state index in [-0.39, 0.29) is 0 Å². The van der Waals surface area contributed by atoms with Gasteiger partial charge in [-0.15, -0.1) is 0 Å². The van der Waals surface area contributed by atoms with Gasteiger partial charge in [0.25, 0.3) is 0 Å². The topological polar surface area (TPSA) is 9.72 Å². The second-order valence-electron chi connectivity index (χ2n) is 26.0. The van der Waals surface area contributed by atoms with Crippen LogP contribution in [0.1, 0.15) is 121 Å². The third kappa shape index (κ3) is 16.4. The first-order valence-electron chi connectivity index (χ1n) is 35.8. The van der Waals surface area contributed by atoms with Crippen LogP contribution in [0.25, 0.3) is 53.2 Å². The van der Waals surface area contributed by atoms with Crippen LogP contribution < -0.4 is 14.7 Å². The Hall–Kier alpha value is -12.3. The standard InChI is InChI=1S/C99H87N3/c1-7-82-46-28-31-73(4)97(82)100(70-94(85-34-16-10-17-35-85)86-36-18-11-19-37-86)91-61-55-76(56-62-91)49-52-79-67-80(53-50-77-57-63-92(64-58-77)101(98-74(5)32-29-47-83(98)8-2)71-95(87-38-20-12-21-39-87)88-40-22-13-23-41-88)69-81(68-79)54-51-78-59-65-93(66-60-78)102(99-75(6)33-30-48-84(99)9-3)72-96(89-42-24-14-25-43-89)90-44-26-15-27-45-90/h10-72H,7-9H2,1-6H3/b52-49+,53-50+,54-51+. The molecule has 0 atom stereocenters. The smallest absolute Gasteiger partial charge is 0.0516 e. The molecule has 0 aliphatic rings. The summed E-state index contributed by atoms with van der Waals surface area (Å²) in [5, 5.41) is 0. The van der Waals surface area contributed by atoms with Crippen molar-refractivity contribution in [2.45, 2.75) is 60.8 Å². The average Bonchev–Trinajstić information content (AvgIpc) is 0.807. The van der Waals surface area contributed by atoms with Crippen molar-refractivity contribution in [2.24, 2.45) is 0 Å². The number of hydrogen-bond donors (Lipinski definition) is 0. The van der Waals surface area contributed by atoms with E-state index >= 15 is 0 Å². The monoisotopic (exact) mass is 1320 g/mol. The van der Waals surface area contributed by atoms with Gasteiger partial charge in [-0.1, -0.05) is 330 Å². The summed E-state index contributed by atoms with van der Waals surface area (Å²) in [4.78, 5) is 7.19. The number of rotatable bonds is 24. The molecule has 13 rings (SSSR count). The molecule has 0 saturated heterocycles. The van der Waals surface area contributed by atoms with Crippen molar-refractivity contribution >= 4 is 87.3 Å². The Labute approximate surface area is 605 Å². The highest BCUT2D eigenvalue weighted by atomic mass is 15.1. The molecule has 0 heterocycles. The van der Waals surface area contributed by atoms with Gasteiger partial charge in [0, 0.05) is 52.4 Å². The normalized spacial score (nSPS) is 11.2. The highest BCUT2D eigenvalue weighted by Crippen LogP contribution is 2.41. The maximum atomic E-state index is 2.40. The number of anilines is 6. The number of hydrogen-bond acceptors (Lipinski definition) is 3. The van der Waals surface area contributed by atoms with Gasteiger partial charge < -0.3 is 14.7 Å². The van der Waals surface area contributed by atoms with Gasteiger partial charge in [-0.25, -0.2) is 0 Å². The van der Waals surface area contributed by atoms with Crippen LogP contribution in [0.5, 0.6) is 0 Å². The molecular weight excluding hydrogens is 1230 g/mol. The van der Waals surface area contributed by atoms with E-state index in [1.807, 2.05) is 0 Å². The summed E-state index contributed by atoms with van der Waals surface area (Å²) in [7, 11) is 0. The Morgan fingerprint density at radius 1 is 0.225 bits per heavy atom. The molecule has 13 aromatic carbocycles. The minimum Gasteiger partial charge on any atom is -0.316 e. The van der Waals surface area contributed by atoms with Crippen LogP contribution in [-0.4, -0.2) is 0 Å². The fourth-order valence-electron chi connectivity index (χ4n) is 13.7. The molecular formula is C99H87N3. The molecule has 0 aromatic heterocycles. The van der Waals surface area contributed by atoms with Gasteiger partial charge in [0.1, 0.15) is 0 Å². The largest absolute Gasteiger partial charge is 0.316 e. The molecule has 3 heteroatoms. The van der Waals surface area contributed by atoms with Crippen LogP contribution in [0.3, 0.4) is 0 Å². The van der Waals surface area contributed by atoms with E-state index in [1.165, 1.54) is 50.4 Å². The van der Waals surface area contributed by atoms with Gasteiger partial charge in [0.15, 0.2) is 0 Å². The minimum absolute atomic E-state index is 0.908. The molecule has 0 fully saturated rings. The summed E-state index contributed by atoms with van der Waals surface area (Å²) < 4.78 is 0. The van der Waals surface area contributed by atoms with Crippen molar-refractivity contribution in [1.29, 1.82) is 0 Å². The van der Waals surface area contributed by atoms with Crippen LogP contribution in [0.4, 0.5) is 34.1 Å². The Morgan fingerprint density at radius 2 is 0.431 bits per heavy atom. The second-order valence-corrected chi connectivity index (χ2v) is 26.0. The first kappa shape index (κ1) is 68.2. The minimum atomic E-state index is 0.908. The van der Waals surface area contributed by atoms with Crippen molar-refractivity contribution in [2.75, 3.05) is 14.7 Å². The van der Waals surface area contributed by atoms with Crippen molar-refractivity contribution < 1.29 is 0 Å². The molecule has 0 unspecified atom stereocenters. The van der Waals surface area contributed by atoms with Crippen LogP contribution >= 0.6 is 0 Å². The fourth-order valence-corrected chi connectivity index (χ4v) is 13.7. The quantitative estimate of drug-likeness (QED) is 0.0558. The van der Waals surface area contributed by atoms with Crippen molar-refractivity contribution in [3.05, 3.63) is 446 Å². The lowest BCUT2D eigenvalue weighted by Gasteiger charge is -2.27. The third-order valence-electron chi connectivity index (χ3n) is 19.0. The predicted molar refractivity (Wildman–Crippen MR) is 441 cm³/mol. The van der Waals surface area contributed by atoms with Gasteiger partial charge in [-0.2, -0.15) is 0 Å². The fraction of sp³-hybridized carbons (Fsp3) is 0.0909. The number of benzene rings is 13. The van der Waals surface area contributed by atoms with E-state index in [0.717, 1.165) is 120 Å². The van der Waals surface area contributed by atoms with Crippen LogP contribution in [0.15, 0.2) is 346 Å². The SMILES string of the molecule is CCc1cccc(C)c1N(C=C(c1ccccc1)c1ccccc1)c1ccc(/C=C/c2cc(/C=C/c3ccc(N(C=C(c4ccccc4)c4ccccc4)c4c(C)cccc4CC)cc3)cc(/C=C/c3ccc(N(C=C(c4ccccc4)c4ccccc4)c4c(C)cccc4CC)cc3)c2)cc1. The maximum Gasteiger partial charge on any atom is 0.0516 e. The van der Waals surface area contributed by atoms with Gasteiger partial charge >= 0.3 is 0 Å². The van der Waals surface area contributed by atoms with Gasteiger partial charge in [-0.05, 0) is 195 Å². The van der Waals surface area contributed by atoms with Gasteiger partial charge in [0.2, 0.25) is 0 Å². The summed E-state index contributed by atoms with van der Waals surface area (Å²) >= 11 is 0. The average molecular weight is 1320 g/mol. The maximum absolute atomic E-state index is 2.40.